The summed E-state index contributed by atoms with van der Waals surface area (Å²) in [6.45, 7) is 3.61. The van der Waals surface area contributed by atoms with Gasteiger partial charge in [0.25, 0.3) is 5.69 Å². The minimum Gasteiger partial charge on any atom is -0.274 e. The van der Waals surface area contributed by atoms with E-state index in [1.54, 1.807) is 13.8 Å². The number of aliphatic imine (C=N–C) groups is 1. The van der Waals surface area contributed by atoms with Crippen LogP contribution in [0.15, 0.2) is 108 Å². The third-order valence-corrected chi connectivity index (χ3v) is 9.78. The Morgan fingerprint density at radius 2 is 1.39 bits per heavy atom. The minimum absolute atomic E-state index is 0.00772. The molecule has 5 aromatic carbocycles. The maximum Gasteiger partial charge on any atom is 0.270 e. The normalized spacial score (nSPS) is 23.2. The van der Waals surface area contributed by atoms with E-state index in [4.69, 9.17) is 4.99 Å². The molecule has 9 rings (SSSR count). The largest absolute Gasteiger partial charge is 0.274 e. The van der Waals surface area contributed by atoms with E-state index in [0.29, 0.717) is 22.5 Å². The molecule has 1 fully saturated rings. The smallest absolute Gasteiger partial charge is 0.270 e. The Morgan fingerprint density at radius 1 is 0.795 bits per heavy atom. The number of nitrogens with zero attached hydrogens (tertiary/aromatic N) is 3. The van der Waals surface area contributed by atoms with Crippen LogP contribution in [0.4, 0.5) is 17.1 Å². The maximum absolute atomic E-state index is 14.8. The summed E-state index contributed by atoms with van der Waals surface area (Å²) in [6, 6.07) is 32.7. The van der Waals surface area contributed by atoms with E-state index in [1.165, 1.54) is 17.0 Å². The summed E-state index contributed by atoms with van der Waals surface area (Å²) >= 11 is 0. The number of carbonyl (C=O) groups is 2. The van der Waals surface area contributed by atoms with Crippen molar-refractivity contribution in [3.05, 3.63) is 147 Å². The molecule has 2 atom stereocenters. The van der Waals surface area contributed by atoms with Crippen molar-refractivity contribution in [3.63, 3.8) is 0 Å². The highest BCUT2D eigenvalue weighted by Gasteiger charge is 2.68. The van der Waals surface area contributed by atoms with Crippen molar-refractivity contribution < 1.29 is 14.5 Å². The molecule has 2 amide bonds. The highest BCUT2D eigenvalue weighted by Crippen LogP contribution is 2.64. The van der Waals surface area contributed by atoms with Crippen LogP contribution in [0.5, 0.6) is 0 Å². The van der Waals surface area contributed by atoms with Crippen LogP contribution in [0.1, 0.15) is 39.3 Å². The van der Waals surface area contributed by atoms with E-state index in [1.807, 2.05) is 85.1 Å². The van der Waals surface area contributed by atoms with Gasteiger partial charge in [-0.3, -0.25) is 24.7 Å². The second-order valence-electron chi connectivity index (χ2n) is 12.0. The Kier molecular flexibility index (Phi) is 5.53. The van der Waals surface area contributed by atoms with Crippen molar-refractivity contribution in [3.8, 4) is 0 Å². The van der Waals surface area contributed by atoms with Gasteiger partial charge in [-0.2, -0.15) is 0 Å². The molecule has 2 bridgehead atoms. The first-order valence-corrected chi connectivity index (χ1v) is 14.7. The number of nitro groups is 1. The Bertz CT molecular complexity index is 2040. The number of benzene rings is 5. The van der Waals surface area contributed by atoms with Gasteiger partial charge in [0.15, 0.2) is 0 Å². The molecular formula is C37H27N3O4. The zero-order valence-corrected chi connectivity index (χ0v) is 24.1. The highest BCUT2D eigenvalue weighted by atomic mass is 16.6. The van der Waals surface area contributed by atoms with Gasteiger partial charge in [0.1, 0.15) is 0 Å². The molecule has 44 heavy (non-hydrogen) atoms. The Labute approximate surface area is 253 Å². The fourth-order valence-corrected chi connectivity index (χ4v) is 8.10. The lowest BCUT2D eigenvalue weighted by molar-refractivity contribution is -0.384. The number of imide groups is 1. The van der Waals surface area contributed by atoms with Crippen LogP contribution in [0.2, 0.25) is 0 Å². The summed E-state index contributed by atoms with van der Waals surface area (Å²) in [5.74, 6) is -2.05. The van der Waals surface area contributed by atoms with Gasteiger partial charge >= 0.3 is 0 Å². The van der Waals surface area contributed by atoms with E-state index < -0.39 is 22.2 Å². The third kappa shape index (κ3) is 3.35. The lowest BCUT2D eigenvalue weighted by Gasteiger charge is -2.52. The number of fused-ring (bicyclic) bond motifs is 1. The third-order valence-electron chi connectivity index (χ3n) is 9.78. The van der Waals surface area contributed by atoms with Crippen molar-refractivity contribution in [2.75, 3.05) is 4.90 Å². The predicted octanol–water partition coefficient (Wildman–Crippen LogP) is 7.32. The molecule has 7 nitrogen and oxygen atoms in total. The van der Waals surface area contributed by atoms with Crippen LogP contribution >= 0.6 is 0 Å². The molecular weight excluding hydrogens is 550 g/mol. The number of non-ortho nitro benzene ring substituents is 1. The van der Waals surface area contributed by atoms with Crippen molar-refractivity contribution in [2.24, 2.45) is 16.8 Å². The van der Waals surface area contributed by atoms with Crippen LogP contribution in [0, 0.1) is 35.8 Å². The van der Waals surface area contributed by atoms with Gasteiger partial charge in [0.2, 0.25) is 11.8 Å². The summed E-state index contributed by atoms with van der Waals surface area (Å²) in [6.07, 6.45) is 1.84. The Hall–Kier alpha value is -5.43. The number of hydrogen-bond acceptors (Lipinski definition) is 5. The molecule has 0 N–H and O–H groups in total. The minimum atomic E-state index is -1.03. The molecule has 3 aliphatic carbocycles. The average Bonchev–Trinajstić information content (AvgIpc) is 3.30. The molecule has 0 radical (unpaired) electrons. The number of aryl methyl sites for hydroxylation is 2. The molecule has 0 saturated carbocycles. The Balaban J connectivity index is 1.39. The molecule has 1 aliphatic heterocycles. The summed E-state index contributed by atoms with van der Waals surface area (Å²) in [4.78, 5) is 47.0. The van der Waals surface area contributed by atoms with Crippen LogP contribution in [-0.4, -0.2) is 23.0 Å². The SMILES string of the molecule is Cc1cc([N+](=O)[O-])cc(C)c1N=CC12c3ccccc3C(c3ccccc31)[C@@H]1C(=O)N(c3cccc4ccccc34)C(=O)[C@@H]12. The first-order valence-electron chi connectivity index (χ1n) is 14.7. The van der Waals surface area contributed by atoms with Gasteiger partial charge in [-0.15, -0.1) is 0 Å². The quantitative estimate of drug-likeness (QED) is 0.0968. The summed E-state index contributed by atoms with van der Waals surface area (Å²) in [5.41, 5.74) is 5.50. The fourth-order valence-electron chi connectivity index (χ4n) is 8.10. The topological polar surface area (TPSA) is 92.9 Å². The van der Waals surface area contributed by atoms with E-state index >= 15 is 0 Å². The molecule has 214 valence electrons. The number of nitro benzene ring substituents is 1. The van der Waals surface area contributed by atoms with Crippen LogP contribution < -0.4 is 4.90 Å². The molecule has 4 aliphatic rings. The lowest BCUT2D eigenvalue weighted by atomic mass is 9.47. The molecule has 1 heterocycles. The van der Waals surface area contributed by atoms with Gasteiger partial charge in [0, 0.05) is 29.7 Å². The van der Waals surface area contributed by atoms with Gasteiger partial charge in [0.05, 0.1) is 33.5 Å². The lowest BCUT2D eigenvalue weighted by Crippen LogP contribution is -2.54. The van der Waals surface area contributed by atoms with E-state index in [0.717, 1.165) is 33.0 Å². The summed E-state index contributed by atoms with van der Waals surface area (Å²) < 4.78 is 0. The summed E-state index contributed by atoms with van der Waals surface area (Å²) in [7, 11) is 0. The van der Waals surface area contributed by atoms with Crippen molar-refractivity contribution >= 4 is 45.9 Å². The van der Waals surface area contributed by atoms with Crippen LogP contribution in [-0.2, 0) is 15.0 Å². The van der Waals surface area contributed by atoms with Gasteiger partial charge < -0.3 is 0 Å². The molecule has 0 unspecified atom stereocenters. The first kappa shape index (κ1) is 26.2. The second kappa shape index (κ2) is 9.28. The standard InChI is InChI=1S/C37H27N3O4/c1-21-18-24(40(43)44)19-22(2)34(21)38-20-37-28-15-7-5-13-26(28)31(27-14-6-8-16-29(27)37)32-33(37)36(42)39(35(32)41)30-17-9-11-23-10-3-4-12-25(23)30/h3-20,31-33H,1-2H3/t31?,32-,33+,37?/m0/s1. The maximum atomic E-state index is 14.8. The van der Waals surface area contributed by atoms with Crippen LogP contribution in [0.3, 0.4) is 0 Å². The van der Waals surface area contributed by atoms with Crippen molar-refractivity contribution in [2.45, 2.75) is 25.2 Å². The number of hydrogen-bond donors (Lipinski definition) is 0. The van der Waals surface area contributed by atoms with Gasteiger partial charge in [-0.25, -0.2) is 4.90 Å². The van der Waals surface area contributed by atoms with Gasteiger partial charge in [-0.05, 0) is 58.7 Å². The molecule has 5 aromatic rings. The number of amides is 2. The zero-order chi connectivity index (χ0) is 30.3. The number of carbonyl (C=O) groups excluding carboxylic acids is 2. The Morgan fingerprint density at radius 3 is 2.05 bits per heavy atom. The zero-order valence-electron chi connectivity index (χ0n) is 24.1. The predicted molar refractivity (Wildman–Crippen MR) is 170 cm³/mol. The number of anilines is 1. The van der Waals surface area contributed by atoms with Crippen molar-refractivity contribution in [1.29, 1.82) is 0 Å². The monoisotopic (exact) mass is 577 g/mol. The molecule has 0 aromatic heterocycles. The molecule has 1 saturated heterocycles. The fraction of sp³-hybridized carbons (Fsp3) is 0.162. The highest BCUT2D eigenvalue weighted by molar-refractivity contribution is 6.27. The van der Waals surface area contributed by atoms with E-state index in [-0.39, 0.29) is 23.4 Å². The first-order chi connectivity index (χ1) is 21.3. The molecule has 7 heteroatoms. The average molecular weight is 578 g/mol. The van der Waals surface area contributed by atoms with E-state index in [9.17, 15) is 19.7 Å². The van der Waals surface area contributed by atoms with Gasteiger partial charge in [-0.1, -0.05) is 84.9 Å². The molecule has 0 spiro atoms. The second-order valence-corrected chi connectivity index (χ2v) is 12.0. The summed E-state index contributed by atoms with van der Waals surface area (Å²) in [5, 5.41) is 13.3. The van der Waals surface area contributed by atoms with Crippen LogP contribution in [0.25, 0.3) is 10.8 Å². The van der Waals surface area contributed by atoms with E-state index in [2.05, 4.69) is 12.1 Å². The van der Waals surface area contributed by atoms with Crippen molar-refractivity contribution in [1.82, 2.24) is 0 Å². The number of rotatable bonds is 4.